The number of anilines is 1. The SMILES string of the molecule is CO[C@H]1CCCN(c2nncc(-c3ccc(C(F)(F)F)cc3)n2)C1. The number of benzene rings is 1. The first kappa shape index (κ1) is 16.6. The molecular formula is C16H17F3N4O. The molecule has 1 fully saturated rings. The van der Waals surface area contributed by atoms with Crippen molar-refractivity contribution >= 4 is 5.95 Å². The van der Waals surface area contributed by atoms with E-state index < -0.39 is 11.7 Å². The molecule has 5 nitrogen and oxygen atoms in total. The van der Waals surface area contributed by atoms with Crippen LogP contribution >= 0.6 is 0 Å². The van der Waals surface area contributed by atoms with Crippen molar-refractivity contribution in [2.24, 2.45) is 0 Å². The lowest BCUT2D eigenvalue weighted by molar-refractivity contribution is -0.137. The zero-order valence-corrected chi connectivity index (χ0v) is 13.1. The van der Waals surface area contributed by atoms with Gasteiger partial charge < -0.3 is 9.64 Å². The molecule has 24 heavy (non-hydrogen) atoms. The van der Waals surface area contributed by atoms with Crippen LogP contribution in [0.25, 0.3) is 11.3 Å². The topological polar surface area (TPSA) is 51.1 Å². The van der Waals surface area contributed by atoms with Crippen molar-refractivity contribution in [1.29, 1.82) is 0 Å². The summed E-state index contributed by atoms with van der Waals surface area (Å²) in [7, 11) is 1.67. The number of hydrogen-bond acceptors (Lipinski definition) is 5. The van der Waals surface area contributed by atoms with Gasteiger partial charge >= 0.3 is 6.18 Å². The van der Waals surface area contributed by atoms with Gasteiger partial charge in [-0.05, 0) is 25.0 Å². The average molecular weight is 338 g/mol. The van der Waals surface area contributed by atoms with Crippen LogP contribution in [0.15, 0.2) is 30.5 Å². The van der Waals surface area contributed by atoms with Crippen molar-refractivity contribution in [2.45, 2.75) is 25.1 Å². The van der Waals surface area contributed by atoms with Gasteiger partial charge in [0.05, 0.1) is 23.6 Å². The smallest absolute Gasteiger partial charge is 0.380 e. The third-order valence-electron chi connectivity index (χ3n) is 4.05. The second-order valence-corrected chi connectivity index (χ2v) is 5.66. The molecule has 2 heterocycles. The quantitative estimate of drug-likeness (QED) is 0.860. The van der Waals surface area contributed by atoms with E-state index in [0.717, 1.165) is 31.5 Å². The first-order valence-corrected chi connectivity index (χ1v) is 7.62. The summed E-state index contributed by atoms with van der Waals surface area (Å²) in [5.41, 5.74) is 0.375. The van der Waals surface area contributed by atoms with E-state index in [1.165, 1.54) is 18.3 Å². The van der Waals surface area contributed by atoms with Crippen LogP contribution in [-0.4, -0.2) is 41.5 Å². The Morgan fingerprint density at radius 2 is 1.96 bits per heavy atom. The number of nitrogens with zero attached hydrogens (tertiary/aromatic N) is 4. The first-order chi connectivity index (χ1) is 11.5. The molecular weight excluding hydrogens is 321 g/mol. The summed E-state index contributed by atoms with van der Waals surface area (Å²) in [4.78, 5) is 6.43. The summed E-state index contributed by atoms with van der Waals surface area (Å²) in [5.74, 6) is 0.467. The van der Waals surface area contributed by atoms with Crippen molar-refractivity contribution in [3.63, 3.8) is 0 Å². The molecule has 1 saturated heterocycles. The minimum absolute atomic E-state index is 0.122. The predicted molar refractivity (Wildman–Crippen MR) is 82.5 cm³/mol. The fraction of sp³-hybridized carbons (Fsp3) is 0.438. The summed E-state index contributed by atoms with van der Waals surface area (Å²) in [6.07, 6.45) is -0.830. The van der Waals surface area contributed by atoms with Gasteiger partial charge in [0, 0.05) is 25.8 Å². The molecule has 2 aromatic rings. The van der Waals surface area contributed by atoms with Gasteiger partial charge in [-0.25, -0.2) is 4.98 Å². The van der Waals surface area contributed by atoms with Gasteiger partial charge in [0.1, 0.15) is 0 Å². The van der Waals surface area contributed by atoms with Crippen LogP contribution < -0.4 is 4.90 Å². The van der Waals surface area contributed by atoms with E-state index >= 15 is 0 Å². The number of aromatic nitrogens is 3. The Labute approximate surface area is 137 Å². The van der Waals surface area contributed by atoms with Gasteiger partial charge in [-0.3, -0.25) is 0 Å². The van der Waals surface area contributed by atoms with Crippen molar-refractivity contribution in [1.82, 2.24) is 15.2 Å². The molecule has 0 radical (unpaired) electrons. The maximum atomic E-state index is 12.6. The molecule has 128 valence electrons. The summed E-state index contributed by atoms with van der Waals surface area (Å²) in [6, 6.07) is 4.87. The van der Waals surface area contributed by atoms with Crippen LogP contribution in [0.2, 0.25) is 0 Å². The number of halogens is 3. The van der Waals surface area contributed by atoms with E-state index in [1.807, 2.05) is 4.90 Å². The van der Waals surface area contributed by atoms with Crippen LogP contribution in [0.5, 0.6) is 0 Å². The van der Waals surface area contributed by atoms with Crippen LogP contribution in [0.3, 0.4) is 0 Å². The summed E-state index contributed by atoms with van der Waals surface area (Å²) < 4.78 is 43.3. The molecule has 1 aliphatic rings. The average Bonchev–Trinajstić information content (AvgIpc) is 2.61. The maximum absolute atomic E-state index is 12.6. The Morgan fingerprint density at radius 3 is 2.62 bits per heavy atom. The highest BCUT2D eigenvalue weighted by Gasteiger charge is 2.30. The Morgan fingerprint density at radius 1 is 1.21 bits per heavy atom. The molecule has 1 aliphatic heterocycles. The first-order valence-electron chi connectivity index (χ1n) is 7.62. The fourth-order valence-corrected chi connectivity index (χ4v) is 2.71. The van der Waals surface area contributed by atoms with E-state index in [1.54, 1.807) is 7.11 Å². The Balaban J connectivity index is 1.82. The second-order valence-electron chi connectivity index (χ2n) is 5.66. The molecule has 0 amide bonds. The third kappa shape index (κ3) is 3.64. The normalized spacial score (nSPS) is 18.7. The molecule has 0 unspecified atom stereocenters. The minimum atomic E-state index is -4.35. The second kappa shape index (κ2) is 6.72. The lowest BCUT2D eigenvalue weighted by Crippen LogP contribution is -2.40. The fourth-order valence-electron chi connectivity index (χ4n) is 2.71. The van der Waals surface area contributed by atoms with E-state index in [2.05, 4.69) is 15.2 Å². The molecule has 1 aromatic heterocycles. The number of alkyl halides is 3. The summed E-state index contributed by atoms with van der Waals surface area (Å²) in [5, 5.41) is 7.98. The molecule has 0 spiro atoms. The van der Waals surface area contributed by atoms with Gasteiger partial charge in [0.2, 0.25) is 5.95 Å². The highest BCUT2D eigenvalue weighted by molar-refractivity contribution is 5.59. The monoisotopic (exact) mass is 338 g/mol. The number of hydrogen-bond donors (Lipinski definition) is 0. The summed E-state index contributed by atoms with van der Waals surface area (Å²) in [6.45, 7) is 1.48. The van der Waals surface area contributed by atoms with Crippen molar-refractivity contribution in [3.05, 3.63) is 36.0 Å². The molecule has 0 bridgehead atoms. The molecule has 0 N–H and O–H groups in total. The lowest BCUT2D eigenvalue weighted by atomic mass is 10.1. The third-order valence-corrected chi connectivity index (χ3v) is 4.05. The molecule has 0 aliphatic carbocycles. The molecule has 3 rings (SSSR count). The Bertz CT molecular complexity index is 690. The highest BCUT2D eigenvalue weighted by Crippen LogP contribution is 2.30. The van der Waals surface area contributed by atoms with E-state index in [9.17, 15) is 13.2 Å². The summed E-state index contributed by atoms with van der Waals surface area (Å²) >= 11 is 0. The van der Waals surface area contributed by atoms with Crippen LogP contribution in [0.4, 0.5) is 19.1 Å². The molecule has 0 saturated carbocycles. The van der Waals surface area contributed by atoms with Gasteiger partial charge in [0.25, 0.3) is 0 Å². The standard InChI is InChI=1S/C16H17F3N4O/c1-24-13-3-2-8-23(10-13)15-21-14(9-20-22-15)11-4-6-12(7-5-11)16(17,18)19/h4-7,9,13H,2-3,8,10H2,1H3/t13-/m0/s1. The van der Waals surface area contributed by atoms with Gasteiger partial charge in [-0.15, -0.1) is 5.10 Å². The lowest BCUT2D eigenvalue weighted by Gasteiger charge is -2.31. The maximum Gasteiger partial charge on any atom is 0.416 e. The predicted octanol–water partition coefficient (Wildman–Crippen LogP) is 3.17. The van der Waals surface area contributed by atoms with E-state index in [4.69, 9.17) is 4.74 Å². The zero-order valence-electron chi connectivity index (χ0n) is 13.1. The van der Waals surface area contributed by atoms with Gasteiger partial charge in [-0.2, -0.15) is 18.3 Å². The molecule has 8 heteroatoms. The number of piperidine rings is 1. The zero-order chi connectivity index (χ0) is 17.2. The van der Waals surface area contributed by atoms with Gasteiger partial charge in [-0.1, -0.05) is 12.1 Å². The largest absolute Gasteiger partial charge is 0.416 e. The minimum Gasteiger partial charge on any atom is -0.380 e. The number of methoxy groups -OCH3 is 1. The van der Waals surface area contributed by atoms with Crippen molar-refractivity contribution in [2.75, 3.05) is 25.1 Å². The Kier molecular flexibility index (Phi) is 4.66. The van der Waals surface area contributed by atoms with E-state index in [-0.39, 0.29) is 6.10 Å². The van der Waals surface area contributed by atoms with Crippen molar-refractivity contribution in [3.8, 4) is 11.3 Å². The van der Waals surface area contributed by atoms with Crippen LogP contribution in [0, 0.1) is 0 Å². The van der Waals surface area contributed by atoms with Gasteiger partial charge in [0.15, 0.2) is 0 Å². The molecule has 1 atom stereocenters. The molecule has 1 aromatic carbocycles. The van der Waals surface area contributed by atoms with Crippen molar-refractivity contribution < 1.29 is 17.9 Å². The van der Waals surface area contributed by atoms with Crippen LogP contribution in [-0.2, 0) is 10.9 Å². The van der Waals surface area contributed by atoms with E-state index in [0.29, 0.717) is 23.8 Å². The number of rotatable bonds is 3. The highest BCUT2D eigenvalue weighted by atomic mass is 19.4. The van der Waals surface area contributed by atoms with Crippen LogP contribution in [0.1, 0.15) is 18.4 Å². The number of ether oxygens (including phenoxy) is 1. The Hall–Kier alpha value is -2.22.